The Morgan fingerprint density at radius 2 is 2.28 bits per heavy atom. The number of amides is 1. The van der Waals surface area contributed by atoms with Crippen LogP contribution < -0.4 is 5.32 Å². The lowest BCUT2D eigenvalue weighted by atomic mass is 9.96. The molecule has 0 bridgehead atoms. The summed E-state index contributed by atoms with van der Waals surface area (Å²) in [4.78, 5) is 15.5. The van der Waals surface area contributed by atoms with Crippen LogP contribution in [0.1, 0.15) is 31.4 Å². The maximum Gasteiger partial charge on any atom is 0.296 e. The molecule has 4 nitrogen and oxygen atoms in total. The summed E-state index contributed by atoms with van der Waals surface area (Å²) in [6.07, 6.45) is 5.22. The second kappa shape index (κ2) is 6.18. The molecule has 1 saturated heterocycles. The van der Waals surface area contributed by atoms with Gasteiger partial charge in [0.1, 0.15) is 6.10 Å². The van der Waals surface area contributed by atoms with Crippen molar-refractivity contribution in [2.45, 2.75) is 31.9 Å². The summed E-state index contributed by atoms with van der Waals surface area (Å²) in [5.74, 6) is 4.85. The minimum atomic E-state index is -0.243. The highest BCUT2D eigenvalue weighted by Gasteiger charge is 2.28. The monoisotopic (exact) mass is 244 g/mol. The second-order valence-electron chi connectivity index (χ2n) is 4.17. The van der Waals surface area contributed by atoms with Gasteiger partial charge in [-0.2, -0.15) is 0 Å². The van der Waals surface area contributed by atoms with Crippen molar-refractivity contribution in [2.75, 3.05) is 6.61 Å². The SMILES string of the molecule is CC#CC(=O)N[C@@H]1CCCO[C@H]1c1ccncc1. The van der Waals surface area contributed by atoms with Crippen molar-refractivity contribution in [1.29, 1.82) is 0 Å². The Morgan fingerprint density at radius 1 is 1.50 bits per heavy atom. The van der Waals surface area contributed by atoms with Crippen LogP contribution in [0.3, 0.4) is 0 Å². The summed E-state index contributed by atoms with van der Waals surface area (Å²) >= 11 is 0. The molecule has 0 unspecified atom stereocenters. The number of rotatable bonds is 2. The first-order valence-electron chi connectivity index (χ1n) is 6.06. The molecule has 2 atom stereocenters. The molecule has 1 aliphatic rings. The average molecular weight is 244 g/mol. The molecule has 1 aromatic rings. The summed E-state index contributed by atoms with van der Waals surface area (Å²) < 4.78 is 5.76. The Labute approximate surface area is 107 Å². The van der Waals surface area contributed by atoms with Gasteiger partial charge in [0, 0.05) is 19.0 Å². The molecule has 0 saturated carbocycles. The van der Waals surface area contributed by atoms with E-state index in [1.54, 1.807) is 19.3 Å². The summed E-state index contributed by atoms with van der Waals surface area (Å²) in [7, 11) is 0. The zero-order chi connectivity index (χ0) is 12.8. The van der Waals surface area contributed by atoms with Gasteiger partial charge >= 0.3 is 0 Å². The number of carbonyl (C=O) groups is 1. The highest BCUT2D eigenvalue weighted by atomic mass is 16.5. The van der Waals surface area contributed by atoms with Crippen molar-refractivity contribution < 1.29 is 9.53 Å². The van der Waals surface area contributed by atoms with E-state index in [2.05, 4.69) is 22.1 Å². The standard InChI is InChI=1S/C14H16N2O2/c1-2-4-13(17)16-12-5-3-10-18-14(12)11-6-8-15-9-7-11/h6-9,12,14H,3,5,10H2,1H3,(H,16,17)/t12-,14+/m1/s1. The number of ether oxygens (including phenoxy) is 1. The van der Waals surface area contributed by atoms with Crippen LogP contribution >= 0.6 is 0 Å². The lowest BCUT2D eigenvalue weighted by Gasteiger charge is -2.32. The van der Waals surface area contributed by atoms with Crippen molar-refractivity contribution in [2.24, 2.45) is 0 Å². The quantitative estimate of drug-likeness (QED) is 0.801. The molecule has 0 aliphatic carbocycles. The van der Waals surface area contributed by atoms with Gasteiger partial charge in [-0.25, -0.2) is 0 Å². The Balaban J connectivity index is 2.10. The van der Waals surface area contributed by atoms with E-state index in [1.165, 1.54) is 0 Å². The number of pyridine rings is 1. The molecule has 0 aromatic carbocycles. The zero-order valence-electron chi connectivity index (χ0n) is 10.3. The van der Waals surface area contributed by atoms with E-state index in [9.17, 15) is 4.79 Å². The van der Waals surface area contributed by atoms with Crippen molar-refractivity contribution in [3.05, 3.63) is 30.1 Å². The van der Waals surface area contributed by atoms with Crippen LogP contribution in [0.4, 0.5) is 0 Å². The molecule has 4 heteroatoms. The van der Waals surface area contributed by atoms with Crippen molar-refractivity contribution in [3.63, 3.8) is 0 Å². The van der Waals surface area contributed by atoms with Crippen LogP contribution in [-0.4, -0.2) is 23.5 Å². The number of hydrogen-bond acceptors (Lipinski definition) is 3. The van der Waals surface area contributed by atoms with Gasteiger partial charge in [0.25, 0.3) is 5.91 Å². The smallest absolute Gasteiger partial charge is 0.296 e. The fraction of sp³-hybridized carbons (Fsp3) is 0.429. The van der Waals surface area contributed by atoms with Crippen molar-refractivity contribution in [1.82, 2.24) is 10.3 Å². The van der Waals surface area contributed by atoms with Gasteiger partial charge in [-0.15, -0.1) is 0 Å². The number of aromatic nitrogens is 1. The Bertz CT molecular complexity index is 462. The zero-order valence-corrected chi connectivity index (χ0v) is 10.3. The van der Waals surface area contributed by atoms with Gasteiger partial charge in [-0.05, 0) is 43.4 Å². The molecule has 2 rings (SSSR count). The average Bonchev–Trinajstić information content (AvgIpc) is 2.40. The van der Waals surface area contributed by atoms with Gasteiger partial charge in [-0.3, -0.25) is 9.78 Å². The molecule has 1 aromatic heterocycles. The third kappa shape index (κ3) is 3.08. The molecular weight excluding hydrogens is 228 g/mol. The predicted octanol–water partition coefficient (Wildman–Crippen LogP) is 1.44. The largest absolute Gasteiger partial charge is 0.371 e. The number of nitrogens with one attached hydrogen (secondary N) is 1. The molecule has 1 aliphatic heterocycles. The van der Waals surface area contributed by atoms with Crippen LogP contribution in [-0.2, 0) is 9.53 Å². The van der Waals surface area contributed by atoms with Gasteiger partial charge in [0.2, 0.25) is 0 Å². The molecule has 94 valence electrons. The second-order valence-corrected chi connectivity index (χ2v) is 4.17. The van der Waals surface area contributed by atoms with Gasteiger partial charge in [-0.1, -0.05) is 5.92 Å². The third-order valence-corrected chi connectivity index (χ3v) is 2.91. The van der Waals surface area contributed by atoms with Crippen LogP contribution in [0.5, 0.6) is 0 Å². The lowest BCUT2D eigenvalue weighted by Crippen LogP contribution is -2.42. The van der Waals surface area contributed by atoms with E-state index >= 15 is 0 Å². The fourth-order valence-corrected chi connectivity index (χ4v) is 2.13. The van der Waals surface area contributed by atoms with Gasteiger partial charge < -0.3 is 10.1 Å². The maximum atomic E-state index is 11.5. The normalized spacial score (nSPS) is 22.7. The summed E-state index contributed by atoms with van der Waals surface area (Å²) in [5, 5.41) is 2.91. The topological polar surface area (TPSA) is 51.2 Å². The van der Waals surface area contributed by atoms with Crippen molar-refractivity contribution >= 4 is 5.91 Å². The molecular formula is C14H16N2O2. The molecule has 18 heavy (non-hydrogen) atoms. The number of carbonyl (C=O) groups excluding carboxylic acids is 1. The highest BCUT2D eigenvalue weighted by molar-refractivity contribution is 5.93. The van der Waals surface area contributed by atoms with Gasteiger partial charge in [0.15, 0.2) is 0 Å². The number of nitrogens with zero attached hydrogens (tertiary/aromatic N) is 1. The van der Waals surface area contributed by atoms with E-state index in [-0.39, 0.29) is 18.1 Å². The summed E-state index contributed by atoms with van der Waals surface area (Å²) in [6.45, 7) is 2.37. The van der Waals surface area contributed by atoms with E-state index in [4.69, 9.17) is 4.74 Å². The fourth-order valence-electron chi connectivity index (χ4n) is 2.13. The van der Waals surface area contributed by atoms with Gasteiger partial charge in [0.05, 0.1) is 6.04 Å². The predicted molar refractivity (Wildman–Crippen MR) is 67.5 cm³/mol. The first kappa shape index (κ1) is 12.6. The van der Waals surface area contributed by atoms with Crippen LogP contribution in [0.15, 0.2) is 24.5 Å². The van der Waals surface area contributed by atoms with E-state index in [0.29, 0.717) is 0 Å². The summed E-state index contributed by atoms with van der Waals surface area (Å²) in [5.41, 5.74) is 1.04. The van der Waals surface area contributed by atoms with Crippen LogP contribution in [0, 0.1) is 11.8 Å². The van der Waals surface area contributed by atoms with E-state index in [0.717, 1.165) is 25.0 Å². The molecule has 0 radical (unpaired) electrons. The van der Waals surface area contributed by atoms with Crippen LogP contribution in [0.25, 0.3) is 0 Å². The lowest BCUT2D eigenvalue weighted by molar-refractivity contribution is -0.118. The number of hydrogen-bond donors (Lipinski definition) is 1. The Kier molecular flexibility index (Phi) is 4.32. The minimum Gasteiger partial charge on any atom is -0.371 e. The molecule has 1 N–H and O–H groups in total. The molecule has 2 heterocycles. The van der Waals surface area contributed by atoms with E-state index in [1.807, 2.05) is 12.1 Å². The Morgan fingerprint density at radius 3 is 3.00 bits per heavy atom. The first-order valence-corrected chi connectivity index (χ1v) is 6.06. The third-order valence-electron chi connectivity index (χ3n) is 2.91. The highest BCUT2D eigenvalue weighted by Crippen LogP contribution is 2.27. The van der Waals surface area contributed by atoms with E-state index < -0.39 is 0 Å². The minimum absolute atomic E-state index is 0.0190. The van der Waals surface area contributed by atoms with Crippen molar-refractivity contribution in [3.8, 4) is 11.8 Å². The van der Waals surface area contributed by atoms with Crippen LogP contribution in [0.2, 0.25) is 0 Å². The molecule has 1 fully saturated rings. The maximum absolute atomic E-state index is 11.5. The first-order chi connectivity index (χ1) is 8.81. The molecule has 1 amide bonds. The summed E-state index contributed by atoms with van der Waals surface area (Å²) in [6, 6.07) is 3.82. The Hall–Kier alpha value is -1.86. The molecule has 0 spiro atoms.